The van der Waals surface area contributed by atoms with Crippen molar-refractivity contribution in [3.8, 4) is 0 Å². The van der Waals surface area contributed by atoms with Crippen LogP contribution in [0.2, 0.25) is 0 Å². The van der Waals surface area contributed by atoms with Gasteiger partial charge in [0.15, 0.2) is 0 Å². The first-order chi connectivity index (χ1) is 16.5. The minimum absolute atomic E-state index is 0.379. The Labute approximate surface area is 200 Å². The third-order valence-electron chi connectivity index (χ3n) is 4.89. The lowest BCUT2D eigenvalue weighted by Crippen LogP contribution is -2.74. The van der Waals surface area contributed by atoms with E-state index in [1.165, 1.54) is 19.9 Å². The number of halogens is 17. The second-order valence-electron chi connectivity index (χ2n) is 7.91. The van der Waals surface area contributed by atoms with E-state index in [0.717, 1.165) is 12.1 Å². The van der Waals surface area contributed by atoms with Gasteiger partial charge in [0, 0.05) is 0 Å². The summed E-state index contributed by atoms with van der Waals surface area (Å²) in [6.07, 6.45) is -10.7. The Balaban J connectivity index is 3.31. The normalized spacial score (nSPS) is 15.0. The number of aryl methyl sites for hydroxylation is 2. The molecule has 0 bridgehead atoms. The average Bonchev–Trinajstić information content (AvgIpc) is 2.71. The van der Waals surface area contributed by atoms with Gasteiger partial charge in [-0.1, -0.05) is 17.2 Å². The molecule has 1 aromatic carbocycles. The summed E-state index contributed by atoms with van der Waals surface area (Å²) >= 11 is 0. The first-order valence-corrected chi connectivity index (χ1v) is 9.50. The monoisotopic (exact) mass is 596 g/mol. The van der Waals surface area contributed by atoms with Gasteiger partial charge in [-0.25, -0.2) is 4.79 Å². The molecule has 0 amide bonds. The maximum absolute atomic E-state index is 13.8. The zero-order valence-corrected chi connectivity index (χ0v) is 18.4. The SMILES string of the molecule is Cc1cc(C)cc(C(=O)OCCC(F)(F)C(F)(F)C(F)(F)C(F)(F)C(F)(F)C(F)(F)C(F)(F)C(F)(F)F)c1. The Bertz CT molecular complexity index is 1010. The molecule has 0 atom stereocenters. The summed E-state index contributed by atoms with van der Waals surface area (Å²) in [4.78, 5) is 11.8. The van der Waals surface area contributed by atoms with E-state index in [1.807, 2.05) is 0 Å². The standard InChI is InChI=1S/C19H13F17O2/c1-8-5-9(2)7-10(6-8)11(37)38-4-3-12(20,21)13(22,23)14(24,25)15(26,27)16(28,29)17(30,31)18(32,33)19(34,35)36/h5-7H,3-4H2,1-2H3. The summed E-state index contributed by atoms with van der Waals surface area (Å²) in [5, 5.41) is 0. The third kappa shape index (κ3) is 5.08. The fourth-order valence-electron chi connectivity index (χ4n) is 2.80. The van der Waals surface area contributed by atoms with Crippen LogP contribution in [-0.4, -0.2) is 60.2 Å². The van der Waals surface area contributed by atoms with Crippen molar-refractivity contribution in [1.82, 2.24) is 0 Å². The molecule has 0 saturated heterocycles. The van der Waals surface area contributed by atoms with Gasteiger partial charge in [-0.2, -0.15) is 74.6 Å². The molecule has 2 nitrogen and oxygen atoms in total. The van der Waals surface area contributed by atoms with Gasteiger partial charge in [0.1, 0.15) is 0 Å². The van der Waals surface area contributed by atoms with E-state index in [4.69, 9.17) is 0 Å². The van der Waals surface area contributed by atoms with Crippen LogP contribution in [0.25, 0.3) is 0 Å². The maximum Gasteiger partial charge on any atom is 0.460 e. The first kappa shape index (κ1) is 33.5. The Kier molecular flexibility index (Phi) is 8.47. The molecule has 0 fully saturated rings. The number of ether oxygens (including phenoxy) is 1. The molecule has 0 unspecified atom stereocenters. The summed E-state index contributed by atoms with van der Waals surface area (Å²) < 4.78 is 229. The van der Waals surface area contributed by atoms with Gasteiger partial charge < -0.3 is 4.74 Å². The third-order valence-corrected chi connectivity index (χ3v) is 4.89. The van der Waals surface area contributed by atoms with Gasteiger partial charge in [0.05, 0.1) is 18.6 Å². The van der Waals surface area contributed by atoms with E-state index < -0.39 is 72.2 Å². The van der Waals surface area contributed by atoms with Crippen LogP contribution in [0, 0.1) is 13.8 Å². The highest BCUT2D eigenvalue weighted by molar-refractivity contribution is 5.89. The summed E-state index contributed by atoms with van der Waals surface area (Å²) in [5.41, 5.74) is 0.357. The summed E-state index contributed by atoms with van der Waals surface area (Å²) in [7, 11) is 0. The molecule has 220 valence electrons. The molecule has 1 rings (SSSR count). The van der Waals surface area contributed by atoms with E-state index in [0.29, 0.717) is 11.1 Å². The minimum atomic E-state index is -8.68. The van der Waals surface area contributed by atoms with Gasteiger partial charge in [-0.05, 0) is 26.0 Å². The minimum Gasteiger partial charge on any atom is -0.462 e. The van der Waals surface area contributed by atoms with Crippen LogP contribution in [0.1, 0.15) is 27.9 Å². The predicted molar refractivity (Wildman–Crippen MR) is 91.5 cm³/mol. The number of carbonyl (C=O) groups is 1. The van der Waals surface area contributed by atoms with Crippen molar-refractivity contribution in [3.63, 3.8) is 0 Å². The van der Waals surface area contributed by atoms with Crippen molar-refractivity contribution in [1.29, 1.82) is 0 Å². The highest BCUT2D eigenvalue weighted by atomic mass is 19.4. The van der Waals surface area contributed by atoms with Gasteiger partial charge in [0.25, 0.3) is 0 Å². The Morgan fingerprint density at radius 3 is 1.29 bits per heavy atom. The number of alkyl halides is 17. The van der Waals surface area contributed by atoms with Crippen molar-refractivity contribution in [3.05, 3.63) is 34.9 Å². The maximum atomic E-state index is 13.8. The summed E-state index contributed by atoms with van der Waals surface area (Å²) in [6, 6.07) is 3.61. The van der Waals surface area contributed by atoms with Gasteiger partial charge in [-0.15, -0.1) is 0 Å². The molecule has 0 aliphatic heterocycles. The molecule has 0 radical (unpaired) electrons. The quantitative estimate of drug-likeness (QED) is 0.203. The second-order valence-corrected chi connectivity index (χ2v) is 7.91. The largest absolute Gasteiger partial charge is 0.462 e. The van der Waals surface area contributed by atoms with Crippen molar-refractivity contribution in [2.75, 3.05) is 6.61 Å². The number of benzene rings is 1. The van der Waals surface area contributed by atoms with E-state index in [9.17, 15) is 79.4 Å². The zero-order chi connectivity index (χ0) is 30.6. The molecule has 0 heterocycles. The van der Waals surface area contributed by atoms with E-state index in [-0.39, 0.29) is 0 Å². The van der Waals surface area contributed by atoms with Crippen LogP contribution >= 0.6 is 0 Å². The molecule has 38 heavy (non-hydrogen) atoms. The number of esters is 1. The van der Waals surface area contributed by atoms with Crippen molar-refractivity contribution >= 4 is 5.97 Å². The van der Waals surface area contributed by atoms with Crippen LogP contribution in [0.15, 0.2) is 18.2 Å². The van der Waals surface area contributed by atoms with Crippen LogP contribution in [-0.2, 0) is 4.74 Å². The lowest BCUT2D eigenvalue weighted by molar-refractivity contribution is -0.461. The predicted octanol–water partition coefficient (Wildman–Crippen LogP) is 7.86. The van der Waals surface area contributed by atoms with Crippen LogP contribution in [0.4, 0.5) is 74.6 Å². The molecular formula is C19H13F17O2. The van der Waals surface area contributed by atoms with Crippen LogP contribution in [0.3, 0.4) is 0 Å². The second kappa shape index (κ2) is 9.60. The van der Waals surface area contributed by atoms with E-state index >= 15 is 0 Å². The van der Waals surface area contributed by atoms with Gasteiger partial charge in [0.2, 0.25) is 0 Å². The summed E-state index contributed by atoms with van der Waals surface area (Å²) in [6.45, 7) is 0.851. The Morgan fingerprint density at radius 1 is 0.579 bits per heavy atom. The van der Waals surface area contributed by atoms with Crippen molar-refractivity contribution in [2.45, 2.75) is 67.9 Å². The number of hydrogen-bond acceptors (Lipinski definition) is 2. The van der Waals surface area contributed by atoms with Gasteiger partial charge >= 0.3 is 53.6 Å². The van der Waals surface area contributed by atoms with Crippen LogP contribution in [0.5, 0.6) is 0 Å². The van der Waals surface area contributed by atoms with Crippen LogP contribution < -0.4 is 0 Å². The molecule has 0 saturated carbocycles. The van der Waals surface area contributed by atoms with Crippen molar-refractivity contribution in [2.24, 2.45) is 0 Å². The lowest BCUT2D eigenvalue weighted by Gasteiger charge is -2.42. The topological polar surface area (TPSA) is 26.3 Å². The molecule has 0 aliphatic carbocycles. The highest BCUT2D eigenvalue weighted by Gasteiger charge is 2.95. The zero-order valence-electron chi connectivity index (χ0n) is 18.4. The first-order valence-electron chi connectivity index (χ1n) is 9.50. The molecule has 0 spiro atoms. The molecule has 0 aliphatic rings. The van der Waals surface area contributed by atoms with E-state index in [2.05, 4.69) is 4.74 Å². The number of hydrogen-bond donors (Lipinski definition) is 0. The Hall–Kier alpha value is -2.50. The number of rotatable bonds is 10. The fourth-order valence-corrected chi connectivity index (χ4v) is 2.80. The molecular weight excluding hydrogens is 583 g/mol. The average molecular weight is 596 g/mol. The Morgan fingerprint density at radius 2 is 0.921 bits per heavy atom. The van der Waals surface area contributed by atoms with Gasteiger partial charge in [-0.3, -0.25) is 0 Å². The number of carbonyl (C=O) groups excluding carboxylic acids is 1. The smallest absolute Gasteiger partial charge is 0.460 e. The van der Waals surface area contributed by atoms with Crippen molar-refractivity contribution < 1.29 is 84.2 Å². The fraction of sp³-hybridized carbons (Fsp3) is 0.632. The molecule has 0 N–H and O–H groups in total. The molecule has 19 heteroatoms. The van der Waals surface area contributed by atoms with E-state index in [1.54, 1.807) is 0 Å². The molecule has 1 aromatic rings. The summed E-state index contributed by atoms with van der Waals surface area (Å²) in [5.74, 6) is -58.4. The lowest BCUT2D eigenvalue weighted by atomic mass is 9.88. The molecule has 0 aromatic heterocycles. The highest BCUT2D eigenvalue weighted by Crippen LogP contribution is 2.64.